The van der Waals surface area contributed by atoms with Crippen molar-refractivity contribution in [2.75, 3.05) is 25.1 Å². The normalized spacial score (nSPS) is 36.8. The summed E-state index contributed by atoms with van der Waals surface area (Å²) in [7, 11) is 0. The van der Waals surface area contributed by atoms with Crippen LogP contribution in [0.15, 0.2) is 17.7 Å². The molecule has 0 spiro atoms. The summed E-state index contributed by atoms with van der Waals surface area (Å²) < 4.78 is 40.7. The highest BCUT2D eigenvalue weighted by Crippen LogP contribution is 2.68. The molecular formula is C38H55F2NO7. The Labute approximate surface area is 283 Å². The average Bonchev–Trinajstić information content (AvgIpc) is 3.38. The maximum atomic E-state index is 14.8. The first-order valence-corrected chi connectivity index (χ1v) is 18.0. The van der Waals surface area contributed by atoms with Crippen LogP contribution in [-0.2, 0) is 19.1 Å². The molecule has 5 rings (SSSR count). The van der Waals surface area contributed by atoms with Crippen molar-refractivity contribution in [3.05, 3.63) is 34.9 Å². The number of benzene rings is 1. The van der Waals surface area contributed by atoms with E-state index in [1.165, 1.54) is 25.1 Å². The Morgan fingerprint density at radius 3 is 2.46 bits per heavy atom. The van der Waals surface area contributed by atoms with Gasteiger partial charge in [0.1, 0.15) is 17.3 Å². The lowest BCUT2D eigenvalue weighted by atomic mass is 9.43. The van der Waals surface area contributed by atoms with Crippen molar-refractivity contribution < 1.29 is 43.2 Å². The van der Waals surface area contributed by atoms with Crippen LogP contribution in [0.3, 0.4) is 0 Å². The third-order valence-corrected chi connectivity index (χ3v) is 13.1. The first kappa shape index (κ1) is 36.7. The molecule has 0 amide bonds. The highest BCUT2D eigenvalue weighted by Gasteiger charge is 2.65. The van der Waals surface area contributed by atoms with Crippen molar-refractivity contribution >= 4 is 23.7 Å². The number of carbonyl (C=O) groups excluding carboxylic acids is 1. The van der Waals surface area contributed by atoms with Crippen LogP contribution in [0.4, 0.5) is 14.5 Å². The molecule has 0 bridgehead atoms. The zero-order chi connectivity index (χ0) is 35.0. The van der Waals surface area contributed by atoms with Gasteiger partial charge in [-0.2, -0.15) is 0 Å². The second-order valence-electron chi connectivity index (χ2n) is 15.6. The molecule has 10 heteroatoms. The first-order chi connectivity index (χ1) is 22.7. The molecule has 4 aliphatic carbocycles. The summed E-state index contributed by atoms with van der Waals surface area (Å²) in [6.45, 7) is 10.6. The van der Waals surface area contributed by atoms with Crippen molar-refractivity contribution in [1.29, 1.82) is 0 Å². The van der Waals surface area contributed by atoms with Crippen molar-refractivity contribution in [2.24, 2.45) is 46.3 Å². The number of aliphatic carboxylic acids is 1. The molecule has 48 heavy (non-hydrogen) atoms. The molecule has 8 nitrogen and oxygen atoms in total. The van der Waals surface area contributed by atoms with Crippen LogP contribution >= 0.6 is 0 Å². The van der Waals surface area contributed by atoms with Gasteiger partial charge in [-0.1, -0.05) is 20.8 Å². The van der Waals surface area contributed by atoms with Gasteiger partial charge >= 0.3 is 11.9 Å². The average molecular weight is 676 g/mol. The molecule has 4 N–H and O–H groups in total. The van der Waals surface area contributed by atoms with E-state index in [2.05, 4.69) is 26.1 Å². The zero-order valence-corrected chi connectivity index (χ0v) is 29.1. The number of aliphatic hydroxyl groups is 2. The van der Waals surface area contributed by atoms with Gasteiger partial charge in [0.05, 0.1) is 31.5 Å². The van der Waals surface area contributed by atoms with Gasteiger partial charge in [-0.25, -0.2) is 13.6 Å². The van der Waals surface area contributed by atoms with E-state index < -0.39 is 35.8 Å². The largest absolute Gasteiger partial charge is 0.481 e. The molecule has 4 saturated carbocycles. The van der Waals surface area contributed by atoms with E-state index in [1.807, 2.05) is 0 Å². The number of fused-ring (bicyclic) bond motifs is 5. The monoisotopic (exact) mass is 675 g/mol. The Morgan fingerprint density at radius 1 is 1.08 bits per heavy atom. The van der Waals surface area contributed by atoms with Crippen molar-refractivity contribution in [1.82, 2.24) is 0 Å². The summed E-state index contributed by atoms with van der Waals surface area (Å²) in [5, 5.41) is 35.6. The molecule has 0 saturated heterocycles. The number of carboxylic acid groups (broad SMARTS) is 1. The van der Waals surface area contributed by atoms with Crippen molar-refractivity contribution in [3.8, 4) is 0 Å². The summed E-state index contributed by atoms with van der Waals surface area (Å²) in [6, 6.07) is 2.35. The van der Waals surface area contributed by atoms with Crippen molar-refractivity contribution in [2.45, 2.75) is 111 Å². The fourth-order valence-electron chi connectivity index (χ4n) is 10.6. The van der Waals surface area contributed by atoms with Crippen LogP contribution in [0.5, 0.6) is 0 Å². The third kappa shape index (κ3) is 7.04. The van der Waals surface area contributed by atoms with Gasteiger partial charge in [0.25, 0.3) is 0 Å². The van der Waals surface area contributed by atoms with Crippen LogP contribution in [0, 0.1) is 58.0 Å². The van der Waals surface area contributed by atoms with Gasteiger partial charge in [0, 0.05) is 18.5 Å². The number of anilines is 1. The predicted molar refractivity (Wildman–Crippen MR) is 179 cm³/mol. The summed E-state index contributed by atoms with van der Waals surface area (Å²) in [5.74, 6) is -1.60. The molecule has 268 valence electrons. The summed E-state index contributed by atoms with van der Waals surface area (Å²) in [6.07, 6.45) is 7.03. The minimum atomic E-state index is -0.783. The third-order valence-electron chi connectivity index (χ3n) is 13.1. The number of rotatable bonds is 12. The predicted octanol–water partition coefficient (Wildman–Crippen LogP) is 6.83. The Kier molecular flexibility index (Phi) is 11.3. The maximum absolute atomic E-state index is 14.8. The lowest BCUT2D eigenvalue weighted by Gasteiger charge is -2.63. The molecule has 1 aromatic rings. The van der Waals surface area contributed by atoms with E-state index in [4.69, 9.17) is 9.47 Å². The van der Waals surface area contributed by atoms with Crippen molar-refractivity contribution in [3.63, 3.8) is 0 Å². The molecule has 0 aliphatic heterocycles. The summed E-state index contributed by atoms with van der Waals surface area (Å²) >= 11 is 0. The number of aliphatic hydroxyl groups excluding tert-OH is 2. The second-order valence-corrected chi connectivity index (χ2v) is 15.6. The SMILES string of the molecule is CCOC(=O)C(C)=Cc1cc(F)c(NCCOC2CCC3(C)C(C2)CC(O)C2C3CC(O)C3(C)C(C(C)CCC(=O)O)CCC23)c(F)c1. The lowest BCUT2D eigenvalue weighted by molar-refractivity contribution is -0.209. The van der Waals surface area contributed by atoms with Gasteiger partial charge in [-0.15, -0.1) is 0 Å². The molecule has 1 aromatic carbocycles. The summed E-state index contributed by atoms with van der Waals surface area (Å²) in [5.41, 5.74) is -0.109. The maximum Gasteiger partial charge on any atom is 0.333 e. The number of carboxylic acids is 1. The van der Waals surface area contributed by atoms with E-state index in [1.54, 1.807) is 6.92 Å². The van der Waals surface area contributed by atoms with Crippen LogP contribution in [-0.4, -0.2) is 65.3 Å². The highest BCUT2D eigenvalue weighted by molar-refractivity contribution is 5.93. The summed E-state index contributed by atoms with van der Waals surface area (Å²) in [4.78, 5) is 23.1. The number of carbonyl (C=O) groups is 2. The minimum Gasteiger partial charge on any atom is -0.481 e. The first-order valence-electron chi connectivity index (χ1n) is 18.0. The number of esters is 1. The van der Waals surface area contributed by atoms with Crippen LogP contribution in [0.1, 0.15) is 98.0 Å². The van der Waals surface area contributed by atoms with Gasteiger partial charge in [-0.05, 0) is 135 Å². The van der Waals surface area contributed by atoms with Crippen LogP contribution < -0.4 is 5.32 Å². The number of hydrogen-bond acceptors (Lipinski definition) is 7. The van der Waals surface area contributed by atoms with E-state index >= 15 is 0 Å². The van der Waals surface area contributed by atoms with Gasteiger partial charge in [0.2, 0.25) is 0 Å². The Hall–Kier alpha value is -2.56. The van der Waals surface area contributed by atoms with Gasteiger partial charge in [-0.3, -0.25) is 4.79 Å². The van der Waals surface area contributed by atoms with Crippen LogP contribution in [0.25, 0.3) is 6.08 Å². The number of hydrogen-bond donors (Lipinski definition) is 4. The fourth-order valence-corrected chi connectivity index (χ4v) is 10.6. The molecular weight excluding hydrogens is 620 g/mol. The van der Waals surface area contributed by atoms with Crippen LogP contribution in [0.2, 0.25) is 0 Å². The zero-order valence-electron chi connectivity index (χ0n) is 29.1. The molecule has 11 unspecified atom stereocenters. The number of nitrogens with one attached hydrogen (secondary N) is 1. The molecule has 11 atom stereocenters. The van der Waals surface area contributed by atoms with E-state index in [0.717, 1.165) is 32.1 Å². The van der Waals surface area contributed by atoms with E-state index in [-0.39, 0.29) is 95.4 Å². The molecule has 0 aromatic heterocycles. The molecule has 0 radical (unpaired) electrons. The highest BCUT2D eigenvalue weighted by atomic mass is 19.1. The molecule has 4 fully saturated rings. The Balaban J connectivity index is 1.17. The standard InChI is InChI=1S/C38H55F2NO7/c1-6-47-36(46)22(3)15-23-16-29(39)35(30(40)17-23)41-13-14-48-25-11-12-37(4)24(18-25)19-31(42)34-27-9-8-26(21(2)7-10-33(44)45)38(27,5)32(43)20-28(34)37/h15-17,21,24-28,31-32,34,41-43H,6-14,18-20H2,1-5H3,(H,44,45). The molecule has 4 aliphatic rings. The quantitative estimate of drug-likeness (QED) is 0.108. The number of ether oxygens (including phenoxy) is 2. The second kappa shape index (κ2) is 14.7. The number of halogens is 2. The topological polar surface area (TPSA) is 125 Å². The van der Waals surface area contributed by atoms with Gasteiger partial charge in [0.15, 0.2) is 0 Å². The Bertz CT molecular complexity index is 1350. The van der Waals surface area contributed by atoms with Gasteiger partial charge < -0.3 is 30.1 Å². The minimum absolute atomic E-state index is 0.0218. The lowest BCUT2D eigenvalue weighted by Crippen LogP contribution is -2.62. The fraction of sp³-hybridized carbons (Fsp3) is 0.737. The Morgan fingerprint density at radius 2 is 1.79 bits per heavy atom. The molecule has 0 heterocycles. The van der Waals surface area contributed by atoms with E-state index in [9.17, 15) is 33.7 Å². The van der Waals surface area contributed by atoms with E-state index in [0.29, 0.717) is 19.3 Å². The smallest absolute Gasteiger partial charge is 0.333 e.